The van der Waals surface area contributed by atoms with E-state index < -0.39 is 0 Å². The zero-order valence-corrected chi connectivity index (χ0v) is 19.0. The van der Waals surface area contributed by atoms with Crippen LogP contribution >= 0.6 is 44.1 Å². The second-order valence-electron chi connectivity index (χ2n) is 7.06. The zero-order chi connectivity index (χ0) is 19.8. The molecule has 2 N–H and O–H groups in total. The van der Waals surface area contributed by atoms with Crippen molar-refractivity contribution in [3.8, 4) is 17.1 Å². The molecule has 0 spiro atoms. The predicted octanol–water partition coefficient (Wildman–Crippen LogP) is 6.02. The first-order chi connectivity index (χ1) is 12.7. The lowest BCUT2D eigenvalue weighted by Crippen LogP contribution is -2.10. The van der Waals surface area contributed by atoms with E-state index in [0.29, 0.717) is 20.6 Å². The van der Waals surface area contributed by atoms with Gasteiger partial charge in [-0.05, 0) is 51.3 Å². The van der Waals surface area contributed by atoms with E-state index in [-0.39, 0.29) is 11.2 Å². The molecule has 0 saturated heterocycles. The Labute approximate surface area is 179 Å². The quantitative estimate of drug-likeness (QED) is 0.335. The molecule has 8 heteroatoms. The molecule has 0 aliphatic heterocycles. The molecule has 140 valence electrons. The highest BCUT2D eigenvalue weighted by atomic mass is 79.9. The van der Waals surface area contributed by atoms with Gasteiger partial charge in [0.25, 0.3) is 0 Å². The first-order valence-corrected chi connectivity index (χ1v) is 10.2. The molecule has 0 bridgehead atoms. The van der Waals surface area contributed by atoms with Gasteiger partial charge in [-0.1, -0.05) is 61.0 Å². The Morgan fingerprint density at radius 2 is 1.85 bits per heavy atom. The summed E-state index contributed by atoms with van der Waals surface area (Å²) in [5.41, 5.74) is 2.76. The molecule has 5 nitrogen and oxygen atoms in total. The Morgan fingerprint density at radius 3 is 2.48 bits per heavy atom. The van der Waals surface area contributed by atoms with Crippen LogP contribution in [0.3, 0.4) is 0 Å². The van der Waals surface area contributed by atoms with E-state index in [1.807, 2.05) is 12.1 Å². The van der Waals surface area contributed by atoms with Gasteiger partial charge in [0.2, 0.25) is 4.77 Å². The number of hydrogen-bond acceptors (Lipinski definition) is 4. The van der Waals surface area contributed by atoms with E-state index in [0.717, 1.165) is 10.0 Å². The molecule has 0 aliphatic rings. The zero-order valence-electron chi connectivity index (χ0n) is 15.0. The summed E-state index contributed by atoms with van der Waals surface area (Å²) in [6.07, 6.45) is 1.54. The van der Waals surface area contributed by atoms with Crippen molar-refractivity contribution in [3.05, 3.63) is 61.2 Å². The van der Waals surface area contributed by atoms with Gasteiger partial charge in [-0.3, -0.25) is 0 Å². The Kier molecular flexibility index (Phi) is 5.69. The maximum Gasteiger partial charge on any atom is 0.216 e. The maximum atomic E-state index is 10.2. The second kappa shape index (κ2) is 7.69. The number of hydrogen-bond donors (Lipinski definition) is 2. The fourth-order valence-corrected chi connectivity index (χ4v) is 3.95. The summed E-state index contributed by atoms with van der Waals surface area (Å²) in [5.74, 6) is 0.707. The summed E-state index contributed by atoms with van der Waals surface area (Å²) in [5, 5.41) is 21.7. The van der Waals surface area contributed by atoms with Crippen LogP contribution < -0.4 is 0 Å². The lowest BCUT2D eigenvalue weighted by atomic mass is 9.87. The van der Waals surface area contributed by atoms with E-state index in [9.17, 15) is 5.11 Å². The van der Waals surface area contributed by atoms with Crippen molar-refractivity contribution >= 4 is 50.3 Å². The van der Waals surface area contributed by atoms with Crippen molar-refractivity contribution < 1.29 is 5.11 Å². The number of halogens is 2. The van der Waals surface area contributed by atoms with Crippen LogP contribution in [-0.2, 0) is 5.41 Å². The van der Waals surface area contributed by atoms with Crippen LogP contribution in [0, 0.1) is 4.77 Å². The molecule has 2 aromatic carbocycles. The summed E-state index contributed by atoms with van der Waals surface area (Å²) in [6, 6.07) is 11.7. The number of H-pyrrole nitrogens is 1. The molecule has 0 atom stereocenters. The minimum atomic E-state index is 0.0764. The normalized spacial score (nSPS) is 12.0. The fraction of sp³-hybridized carbons (Fsp3) is 0.211. The second-order valence-corrected chi connectivity index (χ2v) is 9.22. The SMILES string of the molecule is CC(C)(C)c1ccc(-c2n[nH]c(=S)n2N=Cc2cc(Br)cc(Br)c2O)cc1. The molecule has 1 heterocycles. The van der Waals surface area contributed by atoms with Crippen LogP contribution in [0.15, 0.2) is 50.4 Å². The Bertz CT molecular complexity index is 1060. The molecule has 0 fully saturated rings. The first-order valence-electron chi connectivity index (χ1n) is 8.17. The molecular weight excluding hydrogens is 492 g/mol. The van der Waals surface area contributed by atoms with Gasteiger partial charge in [0, 0.05) is 15.6 Å². The molecule has 0 saturated carbocycles. The van der Waals surface area contributed by atoms with Crippen LogP contribution in [0.1, 0.15) is 31.9 Å². The molecular formula is C19H18Br2N4OS. The summed E-state index contributed by atoms with van der Waals surface area (Å²) in [6.45, 7) is 6.51. The van der Waals surface area contributed by atoms with E-state index in [1.165, 1.54) is 10.2 Å². The number of aromatic amines is 1. The topological polar surface area (TPSA) is 66.2 Å². The van der Waals surface area contributed by atoms with E-state index in [4.69, 9.17) is 12.2 Å². The summed E-state index contributed by atoms with van der Waals surface area (Å²) in [4.78, 5) is 0. The highest BCUT2D eigenvalue weighted by Crippen LogP contribution is 2.31. The van der Waals surface area contributed by atoms with Crippen molar-refractivity contribution in [1.82, 2.24) is 14.9 Å². The molecule has 0 amide bonds. The standard InChI is InChI=1S/C19H18Br2N4OS/c1-19(2,3)13-6-4-11(5-7-13)17-23-24-18(27)25(17)22-10-12-8-14(20)9-15(21)16(12)26/h4-10,26H,1-3H3,(H,24,27). The molecule has 1 aromatic heterocycles. The smallest absolute Gasteiger partial charge is 0.216 e. The minimum absolute atomic E-state index is 0.0764. The number of phenols is 1. The molecule has 0 unspecified atom stereocenters. The predicted molar refractivity (Wildman–Crippen MR) is 118 cm³/mol. The number of rotatable bonds is 3. The Hall–Kier alpha value is -1.77. The van der Waals surface area contributed by atoms with Gasteiger partial charge in [-0.25, -0.2) is 5.10 Å². The van der Waals surface area contributed by atoms with Crippen molar-refractivity contribution in [2.24, 2.45) is 5.10 Å². The third-order valence-electron chi connectivity index (χ3n) is 4.03. The van der Waals surface area contributed by atoms with Crippen LogP contribution in [-0.4, -0.2) is 26.2 Å². The van der Waals surface area contributed by atoms with Crippen LogP contribution in [0.5, 0.6) is 5.75 Å². The summed E-state index contributed by atoms with van der Waals surface area (Å²) < 4.78 is 3.31. The van der Waals surface area contributed by atoms with E-state index in [1.54, 1.807) is 18.3 Å². The van der Waals surface area contributed by atoms with E-state index >= 15 is 0 Å². The van der Waals surface area contributed by atoms with Gasteiger partial charge < -0.3 is 5.11 Å². The van der Waals surface area contributed by atoms with Crippen molar-refractivity contribution in [1.29, 1.82) is 0 Å². The van der Waals surface area contributed by atoms with Crippen LogP contribution in [0.2, 0.25) is 0 Å². The van der Waals surface area contributed by atoms with Crippen molar-refractivity contribution in [2.45, 2.75) is 26.2 Å². The fourth-order valence-electron chi connectivity index (χ4n) is 2.51. The van der Waals surface area contributed by atoms with Crippen LogP contribution in [0.4, 0.5) is 0 Å². The molecule has 0 aliphatic carbocycles. The van der Waals surface area contributed by atoms with Gasteiger partial charge in [0.1, 0.15) is 5.75 Å². The molecule has 3 rings (SSSR count). The highest BCUT2D eigenvalue weighted by Gasteiger charge is 2.15. The van der Waals surface area contributed by atoms with Gasteiger partial charge in [-0.2, -0.15) is 14.9 Å². The monoisotopic (exact) mass is 508 g/mol. The van der Waals surface area contributed by atoms with Gasteiger partial charge >= 0.3 is 0 Å². The minimum Gasteiger partial charge on any atom is -0.506 e. The summed E-state index contributed by atoms with van der Waals surface area (Å²) in [7, 11) is 0. The Balaban J connectivity index is 2.00. The molecule has 27 heavy (non-hydrogen) atoms. The molecule has 0 radical (unpaired) electrons. The van der Waals surface area contributed by atoms with Gasteiger partial charge in [-0.15, -0.1) is 0 Å². The lowest BCUT2D eigenvalue weighted by Gasteiger charge is -2.18. The largest absolute Gasteiger partial charge is 0.506 e. The maximum absolute atomic E-state index is 10.2. The first kappa shape index (κ1) is 20.0. The number of benzene rings is 2. The van der Waals surface area contributed by atoms with Gasteiger partial charge in [0.15, 0.2) is 5.82 Å². The van der Waals surface area contributed by atoms with Crippen molar-refractivity contribution in [2.75, 3.05) is 0 Å². The summed E-state index contributed by atoms with van der Waals surface area (Å²) >= 11 is 12.0. The molecule has 3 aromatic rings. The Morgan fingerprint density at radius 1 is 1.19 bits per heavy atom. The average Bonchev–Trinajstić information content (AvgIpc) is 2.97. The number of nitrogens with zero attached hydrogens (tertiary/aromatic N) is 3. The number of phenolic OH excluding ortho intramolecular Hbond substituents is 1. The van der Waals surface area contributed by atoms with Gasteiger partial charge in [0.05, 0.1) is 10.7 Å². The number of aromatic hydroxyl groups is 1. The number of nitrogens with one attached hydrogen (secondary N) is 1. The highest BCUT2D eigenvalue weighted by molar-refractivity contribution is 9.11. The third-order valence-corrected chi connectivity index (χ3v) is 5.36. The average molecular weight is 510 g/mol. The van der Waals surface area contributed by atoms with E-state index in [2.05, 4.69) is 80.1 Å². The van der Waals surface area contributed by atoms with Crippen molar-refractivity contribution in [3.63, 3.8) is 0 Å². The third kappa shape index (κ3) is 4.39. The lowest BCUT2D eigenvalue weighted by molar-refractivity contribution is 0.471. The number of aromatic nitrogens is 3. The van der Waals surface area contributed by atoms with Crippen LogP contribution in [0.25, 0.3) is 11.4 Å².